The quantitative estimate of drug-likeness (QED) is 0.814. The highest BCUT2D eigenvalue weighted by atomic mass is 35.5. The largest absolute Gasteiger partial charge is 0.478 e. The number of amides is 1. The van der Waals surface area contributed by atoms with Gasteiger partial charge in [-0.1, -0.05) is 17.2 Å². The lowest BCUT2D eigenvalue weighted by Gasteiger charge is -2.05. The van der Waals surface area contributed by atoms with Crippen molar-refractivity contribution in [1.29, 1.82) is 0 Å². The van der Waals surface area contributed by atoms with Crippen LogP contribution >= 0.6 is 11.6 Å². The topological polar surface area (TPSA) is 66.4 Å². The maximum Gasteiger partial charge on any atom is 0.335 e. The Morgan fingerprint density at radius 2 is 1.94 bits per heavy atom. The van der Waals surface area contributed by atoms with Crippen molar-refractivity contribution in [2.45, 2.75) is 13.8 Å². The number of carboxylic acid groups (broad SMARTS) is 1. The van der Waals surface area contributed by atoms with E-state index in [1.807, 2.05) is 0 Å². The lowest BCUT2D eigenvalue weighted by molar-refractivity contribution is -0.111. The molecule has 1 rings (SSSR count). The van der Waals surface area contributed by atoms with Crippen LogP contribution in [0.25, 0.3) is 0 Å². The minimum absolute atomic E-state index is 0.0324. The van der Waals surface area contributed by atoms with Crippen molar-refractivity contribution in [2.24, 2.45) is 0 Å². The Kier molecular flexibility index (Phi) is 4.29. The average molecular weight is 254 g/mol. The molecule has 5 heteroatoms. The van der Waals surface area contributed by atoms with E-state index >= 15 is 0 Å². The highest BCUT2D eigenvalue weighted by Gasteiger charge is 2.07. The molecule has 1 aromatic carbocycles. The van der Waals surface area contributed by atoms with Crippen LogP contribution in [-0.4, -0.2) is 17.0 Å². The summed E-state index contributed by atoms with van der Waals surface area (Å²) in [7, 11) is 0. The van der Waals surface area contributed by atoms with Crippen molar-refractivity contribution >= 4 is 29.2 Å². The molecule has 0 radical (unpaired) electrons. The lowest BCUT2D eigenvalue weighted by atomic mass is 10.2. The van der Waals surface area contributed by atoms with E-state index in [4.69, 9.17) is 16.7 Å². The molecule has 0 atom stereocenters. The van der Waals surface area contributed by atoms with Crippen molar-refractivity contribution < 1.29 is 14.7 Å². The average Bonchev–Trinajstić information content (AvgIpc) is 2.14. The van der Waals surface area contributed by atoms with Gasteiger partial charge in [-0.25, -0.2) is 4.79 Å². The van der Waals surface area contributed by atoms with Gasteiger partial charge in [0.05, 0.1) is 5.56 Å². The van der Waals surface area contributed by atoms with Gasteiger partial charge in [-0.3, -0.25) is 4.79 Å². The predicted molar refractivity (Wildman–Crippen MR) is 66.5 cm³/mol. The molecule has 1 aromatic rings. The van der Waals surface area contributed by atoms with Crippen molar-refractivity contribution in [3.8, 4) is 0 Å². The smallest absolute Gasteiger partial charge is 0.335 e. The van der Waals surface area contributed by atoms with E-state index in [9.17, 15) is 9.59 Å². The molecule has 0 unspecified atom stereocenters. The second-order valence-electron chi connectivity index (χ2n) is 3.74. The van der Waals surface area contributed by atoms with Gasteiger partial charge in [0.25, 0.3) is 0 Å². The number of allylic oxidation sites excluding steroid dienone is 1. The number of carbonyl (C=O) groups is 2. The molecule has 90 valence electrons. The first-order chi connectivity index (χ1) is 7.88. The number of rotatable bonds is 3. The van der Waals surface area contributed by atoms with Crippen LogP contribution in [-0.2, 0) is 4.79 Å². The number of carbonyl (C=O) groups excluding carboxylic acids is 1. The minimum Gasteiger partial charge on any atom is -0.478 e. The van der Waals surface area contributed by atoms with Crippen LogP contribution in [0.4, 0.5) is 5.69 Å². The SMILES string of the molecule is CC(C)=CC(=O)Nc1cc(Cl)cc(C(=O)O)c1. The van der Waals surface area contributed by atoms with Crippen molar-refractivity contribution in [3.63, 3.8) is 0 Å². The molecule has 0 aromatic heterocycles. The molecule has 0 spiro atoms. The zero-order valence-corrected chi connectivity index (χ0v) is 10.2. The number of benzene rings is 1. The van der Waals surface area contributed by atoms with E-state index in [1.54, 1.807) is 13.8 Å². The summed E-state index contributed by atoms with van der Waals surface area (Å²) in [5, 5.41) is 11.6. The molecule has 0 aliphatic rings. The fraction of sp³-hybridized carbons (Fsp3) is 0.167. The van der Waals surface area contributed by atoms with Crippen LogP contribution in [0.1, 0.15) is 24.2 Å². The number of anilines is 1. The molecule has 4 nitrogen and oxygen atoms in total. The van der Waals surface area contributed by atoms with Gasteiger partial charge in [0.1, 0.15) is 0 Å². The van der Waals surface area contributed by atoms with Crippen LogP contribution < -0.4 is 5.32 Å². The monoisotopic (exact) mass is 253 g/mol. The molecule has 0 saturated carbocycles. The Labute approximate surface area is 104 Å². The highest BCUT2D eigenvalue weighted by molar-refractivity contribution is 6.31. The van der Waals surface area contributed by atoms with E-state index in [0.717, 1.165) is 5.57 Å². The normalized spacial score (nSPS) is 9.59. The van der Waals surface area contributed by atoms with Gasteiger partial charge in [-0.05, 0) is 32.0 Å². The van der Waals surface area contributed by atoms with E-state index in [-0.39, 0.29) is 16.5 Å². The van der Waals surface area contributed by atoms with E-state index in [0.29, 0.717) is 5.69 Å². The van der Waals surface area contributed by atoms with Crippen molar-refractivity contribution in [3.05, 3.63) is 40.4 Å². The molecule has 0 fully saturated rings. The van der Waals surface area contributed by atoms with Gasteiger partial charge in [0.15, 0.2) is 0 Å². The van der Waals surface area contributed by atoms with Crippen LogP contribution in [0.5, 0.6) is 0 Å². The van der Waals surface area contributed by atoms with Crippen LogP contribution in [0, 0.1) is 0 Å². The molecule has 2 N–H and O–H groups in total. The third-order valence-electron chi connectivity index (χ3n) is 1.83. The molecule has 0 saturated heterocycles. The maximum absolute atomic E-state index is 11.4. The summed E-state index contributed by atoms with van der Waals surface area (Å²) in [4.78, 5) is 22.2. The summed E-state index contributed by atoms with van der Waals surface area (Å²) in [5.41, 5.74) is 1.24. The molecular weight excluding hydrogens is 242 g/mol. The Morgan fingerprint density at radius 1 is 1.29 bits per heavy atom. The number of carboxylic acids is 1. The van der Waals surface area contributed by atoms with Crippen LogP contribution in [0.2, 0.25) is 5.02 Å². The zero-order chi connectivity index (χ0) is 13.0. The Morgan fingerprint density at radius 3 is 2.47 bits per heavy atom. The van der Waals surface area contributed by atoms with Gasteiger partial charge in [0, 0.05) is 16.8 Å². The van der Waals surface area contributed by atoms with E-state index in [1.165, 1.54) is 24.3 Å². The van der Waals surface area contributed by atoms with Crippen molar-refractivity contribution in [2.75, 3.05) is 5.32 Å². The molecule has 0 bridgehead atoms. The Bertz CT molecular complexity index is 491. The summed E-state index contributed by atoms with van der Waals surface area (Å²) in [6, 6.07) is 4.16. The van der Waals surface area contributed by atoms with Crippen LogP contribution in [0.15, 0.2) is 29.8 Å². The van der Waals surface area contributed by atoms with E-state index < -0.39 is 5.97 Å². The maximum atomic E-state index is 11.4. The van der Waals surface area contributed by atoms with Gasteiger partial charge in [0.2, 0.25) is 5.91 Å². The second kappa shape index (κ2) is 5.50. The number of aromatic carboxylic acids is 1. The second-order valence-corrected chi connectivity index (χ2v) is 4.18. The van der Waals surface area contributed by atoms with Gasteiger partial charge < -0.3 is 10.4 Å². The summed E-state index contributed by atoms with van der Waals surface area (Å²) in [6.07, 6.45) is 1.42. The molecule has 1 amide bonds. The zero-order valence-electron chi connectivity index (χ0n) is 9.45. The highest BCUT2D eigenvalue weighted by Crippen LogP contribution is 2.19. The summed E-state index contributed by atoms with van der Waals surface area (Å²) in [5.74, 6) is -1.41. The van der Waals surface area contributed by atoms with Crippen LogP contribution in [0.3, 0.4) is 0 Å². The summed E-state index contributed by atoms with van der Waals surface area (Å²) >= 11 is 5.75. The summed E-state index contributed by atoms with van der Waals surface area (Å²) in [6.45, 7) is 3.58. The van der Waals surface area contributed by atoms with Gasteiger partial charge in [-0.2, -0.15) is 0 Å². The minimum atomic E-state index is -1.09. The fourth-order valence-corrected chi connectivity index (χ4v) is 1.46. The van der Waals surface area contributed by atoms with E-state index in [2.05, 4.69) is 5.32 Å². The molecule has 0 heterocycles. The first kappa shape index (κ1) is 13.3. The fourth-order valence-electron chi connectivity index (χ4n) is 1.23. The number of nitrogens with one attached hydrogen (secondary N) is 1. The molecule has 0 aliphatic heterocycles. The third kappa shape index (κ3) is 4.28. The van der Waals surface area contributed by atoms with Crippen molar-refractivity contribution in [1.82, 2.24) is 0 Å². The predicted octanol–water partition coefficient (Wildman–Crippen LogP) is 2.94. The first-order valence-electron chi connectivity index (χ1n) is 4.88. The standard InChI is InChI=1S/C12H12ClNO3/c1-7(2)3-11(15)14-10-5-8(12(16)17)4-9(13)6-10/h3-6H,1-2H3,(H,14,15)(H,16,17). The van der Waals surface area contributed by atoms with Gasteiger partial charge >= 0.3 is 5.97 Å². The van der Waals surface area contributed by atoms with Gasteiger partial charge in [-0.15, -0.1) is 0 Å². The number of halogens is 1. The number of hydrogen-bond donors (Lipinski definition) is 2. The Hall–Kier alpha value is -1.81. The summed E-state index contributed by atoms with van der Waals surface area (Å²) < 4.78 is 0. The lowest BCUT2D eigenvalue weighted by Crippen LogP contribution is -2.09. The molecule has 17 heavy (non-hydrogen) atoms. The first-order valence-corrected chi connectivity index (χ1v) is 5.26. The Balaban J connectivity index is 2.96. The molecule has 0 aliphatic carbocycles. The third-order valence-corrected chi connectivity index (χ3v) is 2.05. The number of hydrogen-bond acceptors (Lipinski definition) is 2. The molecular formula is C12H12ClNO3.